The summed E-state index contributed by atoms with van der Waals surface area (Å²) in [5.41, 5.74) is 1.15. The van der Waals surface area contributed by atoms with Gasteiger partial charge < -0.3 is 0 Å². The molecule has 3 nitrogen and oxygen atoms in total. The van der Waals surface area contributed by atoms with Crippen LogP contribution in [0.3, 0.4) is 0 Å². The number of rotatable bonds is 0. The topological polar surface area (TPSA) is 41.8 Å². The van der Waals surface area contributed by atoms with Gasteiger partial charge in [-0.2, -0.15) is 0 Å². The summed E-state index contributed by atoms with van der Waals surface area (Å²) in [6.45, 7) is 2.53. The van der Waals surface area contributed by atoms with Crippen molar-refractivity contribution in [2.45, 2.75) is 6.92 Å². The Hall–Kier alpha value is -1.51. The predicted molar refractivity (Wildman–Crippen MR) is 48.2 cm³/mol. The number of carbonyl (C=O) groups is 1. The Kier molecular flexibility index (Phi) is 1.93. The average molecular weight is 174 g/mol. The Morgan fingerprint density at radius 3 is 2.62 bits per heavy atom. The molecule has 0 N–H and O–H groups in total. The minimum absolute atomic E-state index is 0.0776. The van der Waals surface area contributed by atoms with E-state index in [1.54, 1.807) is 0 Å². The normalized spacial score (nSPS) is 15.3. The molecule has 0 radical (unpaired) electrons. The third-order valence-electron chi connectivity index (χ3n) is 1.98. The summed E-state index contributed by atoms with van der Waals surface area (Å²) in [5.74, 6) is 0.0776. The van der Waals surface area contributed by atoms with Crippen molar-refractivity contribution in [1.29, 1.82) is 0 Å². The lowest BCUT2D eigenvalue weighted by Crippen LogP contribution is -2.24. The molecule has 1 aromatic rings. The van der Waals surface area contributed by atoms with Crippen LogP contribution >= 0.6 is 0 Å². The van der Waals surface area contributed by atoms with Crippen LogP contribution in [0.1, 0.15) is 5.56 Å². The third-order valence-corrected chi connectivity index (χ3v) is 1.98. The molecule has 0 aromatic heterocycles. The minimum Gasteiger partial charge on any atom is -0.296 e. The highest BCUT2D eigenvalue weighted by Crippen LogP contribution is 1.88. The van der Waals surface area contributed by atoms with E-state index in [1.165, 1.54) is 0 Å². The Balaban J connectivity index is 2.69. The quantitative estimate of drug-likeness (QED) is 0.538. The minimum atomic E-state index is 0.0776. The van der Waals surface area contributed by atoms with Crippen molar-refractivity contribution in [2.24, 2.45) is 9.98 Å². The first kappa shape index (κ1) is 8.10. The van der Waals surface area contributed by atoms with Crippen LogP contribution < -0.4 is 10.7 Å². The lowest BCUT2D eigenvalue weighted by atomic mass is 10.2. The van der Waals surface area contributed by atoms with Crippen LogP contribution in [0.2, 0.25) is 0 Å². The molecule has 66 valence electrons. The van der Waals surface area contributed by atoms with Gasteiger partial charge in [0, 0.05) is 0 Å². The zero-order chi connectivity index (χ0) is 9.26. The van der Waals surface area contributed by atoms with E-state index in [9.17, 15) is 4.79 Å². The summed E-state index contributed by atoms with van der Waals surface area (Å²) in [6.07, 6.45) is 0. The SMILES string of the molecule is Cc1ccc2c(c1)=NCC(=O)CN=2. The molecule has 0 unspecified atom stereocenters. The molecule has 0 aliphatic carbocycles. The van der Waals surface area contributed by atoms with Crippen molar-refractivity contribution in [3.63, 3.8) is 0 Å². The van der Waals surface area contributed by atoms with Gasteiger partial charge in [0.05, 0.1) is 10.7 Å². The molecule has 0 fully saturated rings. The summed E-state index contributed by atoms with van der Waals surface area (Å²) >= 11 is 0. The molecule has 0 atom stereocenters. The molecule has 2 rings (SSSR count). The maximum Gasteiger partial charge on any atom is 0.175 e. The van der Waals surface area contributed by atoms with E-state index in [1.807, 2.05) is 25.1 Å². The molecule has 0 bridgehead atoms. The summed E-state index contributed by atoms with van der Waals surface area (Å²) < 4.78 is 0. The van der Waals surface area contributed by atoms with E-state index in [2.05, 4.69) is 9.98 Å². The summed E-state index contributed by atoms with van der Waals surface area (Å²) in [7, 11) is 0. The van der Waals surface area contributed by atoms with Gasteiger partial charge in [-0.05, 0) is 24.6 Å². The molecule has 1 aliphatic heterocycles. The second kappa shape index (κ2) is 3.09. The van der Waals surface area contributed by atoms with Gasteiger partial charge >= 0.3 is 0 Å². The highest BCUT2D eigenvalue weighted by atomic mass is 16.1. The van der Waals surface area contributed by atoms with E-state index < -0.39 is 0 Å². The molecule has 0 spiro atoms. The van der Waals surface area contributed by atoms with Crippen LogP contribution in [0.4, 0.5) is 0 Å². The van der Waals surface area contributed by atoms with Crippen molar-refractivity contribution < 1.29 is 4.79 Å². The van der Waals surface area contributed by atoms with Crippen LogP contribution in [0, 0.1) is 6.92 Å². The molecule has 3 heteroatoms. The first-order valence-electron chi connectivity index (χ1n) is 4.23. The highest BCUT2D eigenvalue weighted by molar-refractivity contribution is 5.82. The fourth-order valence-electron chi connectivity index (χ4n) is 1.29. The maximum atomic E-state index is 11.0. The van der Waals surface area contributed by atoms with E-state index in [0.29, 0.717) is 0 Å². The number of hydrogen-bond donors (Lipinski definition) is 0. The average Bonchev–Trinajstić information content (AvgIpc) is 2.29. The molecule has 0 saturated carbocycles. The van der Waals surface area contributed by atoms with Crippen LogP contribution in [-0.4, -0.2) is 18.9 Å². The smallest absolute Gasteiger partial charge is 0.175 e. The largest absolute Gasteiger partial charge is 0.296 e. The summed E-state index contributed by atoms with van der Waals surface area (Å²) in [5, 5.41) is 1.67. The molecule has 1 aromatic carbocycles. The van der Waals surface area contributed by atoms with Crippen LogP contribution in [0.25, 0.3) is 0 Å². The van der Waals surface area contributed by atoms with Crippen molar-refractivity contribution in [3.8, 4) is 0 Å². The van der Waals surface area contributed by atoms with Gasteiger partial charge in [-0.25, -0.2) is 0 Å². The Morgan fingerprint density at radius 1 is 1.15 bits per heavy atom. The second-order valence-electron chi connectivity index (χ2n) is 3.16. The number of hydrogen-bond acceptors (Lipinski definition) is 3. The lowest BCUT2D eigenvalue weighted by Gasteiger charge is -1.89. The van der Waals surface area contributed by atoms with Gasteiger partial charge in [0.1, 0.15) is 13.1 Å². The van der Waals surface area contributed by atoms with Crippen LogP contribution in [0.5, 0.6) is 0 Å². The third kappa shape index (κ3) is 1.64. The zero-order valence-electron chi connectivity index (χ0n) is 7.45. The van der Waals surface area contributed by atoms with E-state index in [0.717, 1.165) is 16.3 Å². The number of fused-ring (bicyclic) bond motifs is 1. The monoisotopic (exact) mass is 174 g/mol. The predicted octanol–water partition coefficient (Wildman–Crippen LogP) is -0.183. The van der Waals surface area contributed by atoms with Crippen LogP contribution in [-0.2, 0) is 4.79 Å². The molecular formula is C10H10N2O. The lowest BCUT2D eigenvalue weighted by molar-refractivity contribution is -0.116. The highest BCUT2D eigenvalue weighted by Gasteiger charge is 2.02. The maximum absolute atomic E-state index is 11.0. The van der Waals surface area contributed by atoms with Crippen molar-refractivity contribution >= 4 is 5.78 Å². The molecule has 1 heterocycles. The number of aryl methyl sites for hydroxylation is 1. The first-order chi connectivity index (χ1) is 6.25. The molecule has 13 heavy (non-hydrogen) atoms. The number of Topliss-reactive ketones (excluding diaryl/α,β-unsaturated/α-hetero) is 1. The van der Waals surface area contributed by atoms with Crippen molar-refractivity contribution in [2.75, 3.05) is 13.1 Å². The van der Waals surface area contributed by atoms with Crippen molar-refractivity contribution in [1.82, 2.24) is 0 Å². The zero-order valence-corrected chi connectivity index (χ0v) is 7.45. The Labute approximate surface area is 75.8 Å². The van der Waals surface area contributed by atoms with E-state index in [4.69, 9.17) is 0 Å². The number of benzene rings is 1. The van der Waals surface area contributed by atoms with Gasteiger partial charge in [-0.15, -0.1) is 0 Å². The fourth-order valence-corrected chi connectivity index (χ4v) is 1.29. The van der Waals surface area contributed by atoms with Gasteiger partial charge in [-0.3, -0.25) is 14.8 Å². The van der Waals surface area contributed by atoms with Gasteiger partial charge in [-0.1, -0.05) is 6.07 Å². The van der Waals surface area contributed by atoms with Gasteiger partial charge in [0.2, 0.25) is 0 Å². The first-order valence-corrected chi connectivity index (χ1v) is 4.23. The van der Waals surface area contributed by atoms with Crippen molar-refractivity contribution in [3.05, 3.63) is 34.5 Å². The second-order valence-corrected chi connectivity index (χ2v) is 3.16. The molecule has 0 saturated heterocycles. The Morgan fingerprint density at radius 2 is 1.85 bits per heavy atom. The number of nitrogens with zero attached hydrogens (tertiary/aromatic N) is 2. The number of ketones is 1. The van der Waals surface area contributed by atoms with Gasteiger partial charge in [0.25, 0.3) is 0 Å². The molecule has 0 amide bonds. The van der Waals surface area contributed by atoms with E-state index in [-0.39, 0.29) is 18.9 Å². The Bertz CT molecular complexity index is 462. The molecular weight excluding hydrogens is 164 g/mol. The standard InChI is InChI=1S/C10H10N2O/c1-7-2-3-9-10(4-7)12-6-8(13)5-11-9/h2-4H,5-6H2,1H3. The summed E-state index contributed by atoms with van der Waals surface area (Å²) in [6, 6.07) is 5.85. The fraction of sp³-hybridized carbons (Fsp3) is 0.300. The van der Waals surface area contributed by atoms with Gasteiger partial charge in [0.15, 0.2) is 5.78 Å². The van der Waals surface area contributed by atoms with E-state index >= 15 is 0 Å². The molecule has 1 aliphatic rings. The summed E-state index contributed by atoms with van der Waals surface area (Å²) in [4.78, 5) is 19.4. The van der Waals surface area contributed by atoms with Crippen LogP contribution in [0.15, 0.2) is 28.2 Å². The number of carbonyl (C=O) groups excluding carboxylic acids is 1.